The van der Waals surface area contributed by atoms with Gasteiger partial charge in [0.05, 0.1) is 12.2 Å². The monoisotopic (exact) mass is 324 g/mol. The number of amides is 1. The predicted molar refractivity (Wildman–Crippen MR) is 91.0 cm³/mol. The first-order valence-electron chi connectivity index (χ1n) is 7.25. The third-order valence-electron chi connectivity index (χ3n) is 3.22. The first kappa shape index (κ1) is 15.2. The fourth-order valence-corrected chi connectivity index (χ4v) is 2.80. The van der Waals surface area contributed by atoms with Gasteiger partial charge in [0, 0.05) is 10.9 Å². The van der Waals surface area contributed by atoms with Gasteiger partial charge < -0.3 is 10.1 Å². The molecule has 1 heterocycles. The Bertz CT molecular complexity index is 757. The van der Waals surface area contributed by atoms with Gasteiger partial charge in [-0.15, -0.1) is 11.3 Å². The van der Waals surface area contributed by atoms with Gasteiger partial charge in [-0.1, -0.05) is 60.7 Å². The van der Waals surface area contributed by atoms with Gasteiger partial charge in [-0.05, 0) is 5.56 Å². The zero-order chi connectivity index (χ0) is 15.9. The van der Waals surface area contributed by atoms with Crippen molar-refractivity contribution >= 4 is 17.4 Å². The zero-order valence-electron chi connectivity index (χ0n) is 12.4. The van der Waals surface area contributed by atoms with E-state index in [1.54, 1.807) is 0 Å². The molecule has 0 atom stereocenters. The molecule has 0 aliphatic carbocycles. The van der Waals surface area contributed by atoms with Crippen LogP contribution in [-0.4, -0.2) is 11.1 Å². The number of benzene rings is 2. The van der Waals surface area contributed by atoms with E-state index < -0.39 is 6.09 Å². The van der Waals surface area contributed by atoms with Crippen LogP contribution in [0.5, 0.6) is 0 Å². The van der Waals surface area contributed by atoms with Crippen LogP contribution in [0.2, 0.25) is 0 Å². The molecule has 0 radical (unpaired) electrons. The maximum atomic E-state index is 11.7. The molecule has 5 heteroatoms. The first-order valence-corrected chi connectivity index (χ1v) is 8.13. The molecule has 2 aromatic carbocycles. The summed E-state index contributed by atoms with van der Waals surface area (Å²) in [5.41, 5.74) is 2.95. The van der Waals surface area contributed by atoms with Crippen LogP contribution in [0.15, 0.2) is 66.0 Å². The molecule has 0 saturated heterocycles. The smallest absolute Gasteiger partial charge is 0.407 e. The van der Waals surface area contributed by atoms with Gasteiger partial charge in [0.15, 0.2) is 0 Å². The van der Waals surface area contributed by atoms with E-state index in [1.807, 2.05) is 66.0 Å². The molecule has 3 aromatic rings. The number of alkyl carbamates (subject to hydrolysis) is 1. The maximum Gasteiger partial charge on any atom is 0.407 e. The summed E-state index contributed by atoms with van der Waals surface area (Å²) < 4.78 is 5.17. The highest BCUT2D eigenvalue weighted by Gasteiger charge is 2.07. The van der Waals surface area contributed by atoms with E-state index in [9.17, 15) is 4.79 Å². The number of hydrogen-bond donors (Lipinski definition) is 1. The number of hydrogen-bond acceptors (Lipinski definition) is 4. The SMILES string of the molecule is O=C(NCc1nc(-c2ccccc2)cs1)OCc1ccccc1. The van der Waals surface area contributed by atoms with Gasteiger partial charge in [0.25, 0.3) is 0 Å². The van der Waals surface area contributed by atoms with Gasteiger partial charge >= 0.3 is 6.09 Å². The summed E-state index contributed by atoms with van der Waals surface area (Å²) in [5.74, 6) is 0. The van der Waals surface area contributed by atoms with Crippen molar-refractivity contribution in [1.82, 2.24) is 10.3 Å². The molecule has 1 amide bonds. The molecular weight excluding hydrogens is 308 g/mol. The minimum Gasteiger partial charge on any atom is -0.445 e. The van der Waals surface area contributed by atoms with Crippen molar-refractivity contribution < 1.29 is 9.53 Å². The molecule has 0 aliphatic rings. The van der Waals surface area contributed by atoms with Gasteiger partial charge in [0.2, 0.25) is 0 Å². The summed E-state index contributed by atoms with van der Waals surface area (Å²) in [5, 5.41) is 5.56. The lowest BCUT2D eigenvalue weighted by atomic mass is 10.2. The Balaban J connectivity index is 1.49. The van der Waals surface area contributed by atoms with E-state index >= 15 is 0 Å². The molecule has 0 fully saturated rings. The highest BCUT2D eigenvalue weighted by molar-refractivity contribution is 7.09. The third kappa shape index (κ3) is 4.40. The first-order chi connectivity index (χ1) is 11.3. The number of carbonyl (C=O) groups excluding carboxylic acids is 1. The molecule has 0 bridgehead atoms. The molecule has 1 N–H and O–H groups in total. The van der Waals surface area contributed by atoms with Crippen molar-refractivity contribution in [3.8, 4) is 11.3 Å². The molecule has 23 heavy (non-hydrogen) atoms. The summed E-state index contributed by atoms with van der Waals surface area (Å²) in [6.45, 7) is 0.630. The summed E-state index contributed by atoms with van der Waals surface area (Å²) in [6.07, 6.45) is -0.440. The second-order valence-corrected chi connectivity index (χ2v) is 5.85. The Morgan fingerprint density at radius 1 is 1.04 bits per heavy atom. The van der Waals surface area contributed by atoms with Crippen LogP contribution in [0, 0.1) is 0 Å². The number of thiazole rings is 1. The Hall–Kier alpha value is -2.66. The van der Waals surface area contributed by atoms with Gasteiger partial charge in [0.1, 0.15) is 11.6 Å². The van der Waals surface area contributed by atoms with Crippen LogP contribution in [0.4, 0.5) is 4.79 Å². The van der Waals surface area contributed by atoms with Crippen LogP contribution in [0.25, 0.3) is 11.3 Å². The molecule has 1 aromatic heterocycles. The van der Waals surface area contributed by atoms with Crippen molar-refractivity contribution in [2.24, 2.45) is 0 Å². The Kier molecular flexibility index (Phi) is 5.01. The van der Waals surface area contributed by atoms with Crippen molar-refractivity contribution in [2.75, 3.05) is 0 Å². The fraction of sp³-hybridized carbons (Fsp3) is 0.111. The van der Waals surface area contributed by atoms with Crippen LogP contribution in [-0.2, 0) is 17.9 Å². The van der Waals surface area contributed by atoms with E-state index in [-0.39, 0.29) is 6.61 Å². The van der Waals surface area contributed by atoms with Gasteiger partial charge in [-0.25, -0.2) is 9.78 Å². The van der Waals surface area contributed by atoms with E-state index in [0.717, 1.165) is 21.8 Å². The average Bonchev–Trinajstić information content (AvgIpc) is 3.09. The summed E-state index contributed by atoms with van der Waals surface area (Å²) in [7, 11) is 0. The molecule has 116 valence electrons. The molecule has 0 spiro atoms. The number of rotatable bonds is 5. The molecule has 0 aliphatic heterocycles. The quantitative estimate of drug-likeness (QED) is 0.764. The maximum absolute atomic E-state index is 11.7. The number of nitrogens with zero attached hydrogens (tertiary/aromatic N) is 1. The zero-order valence-corrected chi connectivity index (χ0v) is 13.3. The molecule has 4 nitrogen and oxygen atoms in total. The Morgan fingerprint density at radius 2 is 1.74 bits per heavy atom. The highest BCUT2D eigenvalue weighted by Crippen LogP contribution is 2.21. The van der Waals surface area contributed by atoms with Crippen molar-refractivity contribution in [3.05, 3.63) is 76.6 Å². The number of aromatic nitrogens is 1. The van der Waals surface area contributed by atoms with Crippen molar-refractivity contribution in [3.63, 3.8) is 0 Å². The van der Waals surface area contributed by atoms with E-state index in [4.69, 9.17) is 4.74 Å². The third-order valence-corrected chi connectivity index (χ3v) is 4.07. The highest BCUT2D eigenvalue weighted by atomic mass is 32.1. The standard InChI is InChI=1S/C18H16N2O2S/c21-18(22-12-14-7-3-1-4-8-14)19-11-17-20-16(13-23-17)15-9-5-2-6-10-15/h1-10,13H,11-12H2,(H,19,21). The lowest BCUT2D eigenvalue weighted by Crippen LogP contribution is -2.23. The average molecular weight is 324 g/mol. The summed E-state index contributed by atoms with van der Waals surface area (Å²) in [6, 6.07) is 19.5. The number of nitrogens with one attached hydrogen (secondary N) is 1. The van der Waals surface area contributed by atoms with Crippen molar-refractivity contribution in [1.29, 1.82) is 0 Å². The predicted octanol–water partition coefficient (Wildman–Crippen LogP) is 4.24. The van der Waals surface area contributed by atoms with E-state index in [0.29, 0.717) is 6.54 Å². The summed E-state index contributed by atoms with van der Waals surface area (Å²) in [4.78, 5) is 16.2. The molecular formula is C18H16N2O2S. The van der Waals surface area contributed by atoms with E-state index in [1.165, 1.54) is 11.3 Å². The van der Waals surface area contributed by atoms with Crippen LogP contribution in [0.3, 0.4) is 0 Å². The van der Waals surface area contributed by atoms with E-state index in [2.05, 4.69) is 10.3 Å². The largest absolute Gasteiger partial charge is 0.445 e. The number of carbonyl (C=O) groups is 1. The lowest BCUT2D eigenvalue weighted by molar-refractivity contribution is 0.139. The van der Waals surface area contributed by atoms with Gasteiger partial charge in [-0.3, -0.25) is 0 Å². The topological polar surface area (TPSA) is 51.2 Å². The second-order valence-electron chi connectivity index (χ2n) is 4.91. The Labute approximate surface area is 138 Å². The molecule has 0 saturated carbocycles. The van der Waals surface area contributed by atoms with Crippen LogP contribution >= 0.6 is 11.3 Å². The second kappa shape index (κ2) is 7.56. The van der Waals surface area contributed by atoms with Gasteiger partial charge in [-0.2, -0.15) is 0 Å². The van der Waals surface area contributed by atoms with Crippen LogP contribution < -0.4 is 5.32 Å². The summed E-state index contributed by atoms with van der Waals surface area (Å²) >= 11 is 1.52. The lowest BCUT2D eigenvalue weighted by Gasteiger charge is -2.05. The minimum atomic E-state index is -0.440. The molecule has 3 rings (SSSR count). The fourth-order valence-electron chi connectivity index (χ4n) is 2.06. The minimum absolute atomic E-state index is 0.264. The normalized spacial score (nSPS) is 10.3. The van der Waals surface area contributed by atoms with Crippen LogP contribution in [0.1, 0.15) is 10.6 Å². The molecule has 0 unspecified atom stereocenters. The Morgan fingerprint density at radius 3 is 2.48 bits per heavy atom. The van der Waals surface area contributed by atoms with Crippen molar-refractivity contribution in [2.45, 2.75) is 13.2 Å². The number of ether oxygens (including phenoxy) is 1.